The molecule has 1 aromatic carbocycles. The molecular formula is C15H25NOS. The van der Waals surface area contributed by atoms with Crippen LogP contribution in [0.2, 0.25) is 0 Å². The van der Waals surface area contributed by atoms with E-state index in [0.29, 0.717) is 0 Å². The van der Waals surface area contributed by atoms with Gasteiger partial charge in [0.05, 0.1) is 6.10 Å². The number of hydrogen-bond donors (Lipinski definition) is 2. The summed E-state index contributed by atoms with van der Waals surface area (Å²) >= 11 is 1.89. The Bertz CT molecular complexity index is 324. The van der Waals surface area contributed by atoms with E-state index in [2.05, 4.69) is 31.3 Å². The molecule has 0 bridgehead atoms. The van der Waals surface area contributed by atoms with Crippen LogP contribution in [0, 0.1) is 5.92 Å². The average Bonchev–Trinajstić information content (AvgIpc) is 2.36. The van der Waals surface area contributed by atoms with Crippen LogP contribution in [0.25, 0.3) is 0 Å². The molecule has 2 nitrogen and oxygen atoms in total. The highest BCUT2D eigenvalue weighted by Gasteiger charge is 2.06. The molecule has 102 valence electrons. The Balaban J connectivity index is 2.41. The predicted molar refractivity (Wildman–Crippen MR) is 80.1 cm³/mol. The van der Waals surface area contributed by atoms with Gasteiger partial charge in [0, 0.05) is 4.90 Å². The molecule has 3 heteroatoms. The van der Waals surface area contributed by atoms with Crippen LogP contribution in [0.15, 0.2) is 29.2 Å². The lowest BCUT2D eigenvalue weighted by atomic mass is 10.1. The van der Waals surface area contributed by atoms with Crippen molar-refractivity contribution < 1.29 is 5.11 Å². The maximum absolute atomic E-state index is 9.94. The normalized spacial score (nSPS) is 12.9. The fourth-order valence-corrected chi connectivity index (χ4v) is 2.80. The van der Waals surface area contributed by atoms with Gasteiger partial charge in [0.15, 0.2) is 0 Å². The van der Waals surface area contributed by atoms with Gasteiger partial charge in [-0.3, -0.25) is 0 Å². The summed E-state index contributed by atoms with van der Waals surface area (Å²) in [5, 5.41) is 13.0. The predicted octanol–water partition coefficient (Wildman–Crippen LogP) is 3.47. The van der Waals surface area contributed by atoms with E-state index in [1.165, 1.54) is 17.1 Å². The molecule has 0 radical (unpaired) electrons. The smallest absolute Gasteiger partial charge is 0.0802 e. The topological polar surface area (TPSA) is 32.3 Å². The van der Waals surface area contributed by atoms with Crippen molar-refractivity contribution in [1.29, 1.82) is 0 Å². The van der Waals surface area contributed by atoms with Crippen molar-refractivity contribution in [3.05, 3.63) is 29.8 Å². The van der Waals surface area contributed by atoms with E-state index >= 15 is 0 Å². The van der Waals surface area contributed by atoms with Crippen molar-refractivity contribution in [2.24, 2.45) is 5.92 Å². The molecular weight excluding hydrogens is 242 g/mol. The van der Waals surface area contributed by atoms with Crippen LogP contribution < -0.4 is 5.32 Å². The molecule has 1 atom stereocenters. The number of hydrogen-bond acceptors (Lipinski definition) is 3. The molecule has 0 aliphatic carbocycles. The number of rotatable bonds is 8. The second kappa shape index (κ2) is 8.57. The van der Waals surface area contributed by atoms with Crippen LogP contribution in [-0.4, -0.2) is 24.5 Å². The largest absolute Gasteiger partial charge is 0.388 e. The molecule has 0 fully saturated rings. The Hall–Kier alpha value is -0.510. The Morgan fingerprint density at radius 2 is 1.83 bits per heavy atom. The Kier molecular flexibility index (Phi) is 7.40. The van der Waals surface area contributed by atoms with Gasteiger partial charge in [-0.05, 0) is 55.8 Å². The van der Waals surface area contributed by atoms with E-state index in [4.69, 9.17) is 0 Å². The number of nitrogens with one attached hydrogen (secondary N) is 1. The van der Waals surface area contributed by atoms with E-state index in [1.807, 2.05) is 30.9 Å². The van der Waals surface area contributed by atoms with Gasteiger partial charge in [0.25, 0.3) is 0 Å². The molecule has 1 rings (SSSR count). The third kappa shape index (κ3) is 5.89. The summed E-state index contributed by atoms with van der Waals surface area (Å²) in [7, 11) is 1.90. The molecule has 0 aromatic heterocycles. The van der Waals surface area contributed by atoms with Crippen molar-refractivity contribution in [2.75, 3.05) is 19.3 Å². The van der Waals surface area contributed by atoms with Crippen LogP contribution in [0.4, 0.5) is 0 Å². The monoisotopic (exact) mass is 267 g/mol. The summed E-state index contributed by atoms with van der Waals surface area (Å²) in [5.41, 5.74) is 1.01. The number of benzene rings is 1. The minimum Gasteiger partial charge on any atom is -0.388 e. The first-order valence-electron chi connectivity index (χ1n) is 6.69. The maximum atomic E-state index is 9.94. The van der Waals surface area contributed by atoms with E-state index in [-0.39, 0.29) is 6.10 Å². The molecule has 0 aliphatic rings. The lowest BCUT2D eigenvalue weighted by molar-refractivity contribution is 0.167. The van der Waals surface area contributed by atoms with Gasteiger partial charge in [-0.25, -0.2) is 0 Å². The maximum Gasteiger partial charge on any atom is 0.0802 e. The second-order valence-electron chi connectivity index (χ2n) is 5.01. The molecule has 0 amide bonds. The van der Waals surface area contributed by atoms with Crippen LogP contribution >= 0.6 is 11.8 Å². The molecule has 0 heterocycles. The van der Waals surface area contributed by atoms with Crippen LogP contribution in [0.3, 0.4) is 0 Å². The molecule has 0 saturated heterocycles. The summed E-state index contributed by atoms with van der Waals surface area (Å²) in [5.74, 6) is 1.93. The van der Waals surface area contributed by atoms with Crippen molar-refractivity contribution in [1.82, 2.24) is 5.32 Å². The minimum absolute atomic E-state index is 0.354. The van der Waals surface area contributed by atoms with Crippen LogP contribution in [-0.2, 0) is 0 Å². The lowest BCUT2D eigenvalue weighted by Gasteiger charge is -2.11. The fraction of sp³-hybridized carbons (Fsp3) is 0.600. The standard InChI is InChI=1S/C15H25NOS/c1-12(2)9-11-18-14-6-4-13(5-7-14)15(17)8-10-16-3/h4-7,12,15-17H,8-11H2,1-3H3. The first-order valence-corrected chi connectivity index (χ1v) is 7.67. The highest BCUT2D eigenvalue weighted by molar-refractivity contribution is 7.99. The highest BCUT2D eigenvalue weighted by Crippen LogP contribution is 2.23. The number of thioether (sulfide) groups is 1. The van der Waals surface area contributed by atoms with Gasteiger partial charge in [-0.1, -0.05) is 26.0 Å². The SMILES string of the molecule is CNCCC(O)c1ccc(SCCC(C)C)cc1. The molecule has 1 unspecified atom stereocenters. The summed E-state index contributed by atoms with van der Waals surface area (Å²) in [4.78, 5) is 1.29. The number of aliphatic hydroxyl groups is 1. The van der Waals surface area contributed by atoms with Gasteiger partial charge in [0.1, 0.15) is 0 Å². The number of aliphatic hydroxyl groups excluding tert-OH is 1. The van der Waals surface area contributed by atoms with Crippen molar-refractivity contribution in [3.63, 3.8) is 0 Å². The third-order valence-electron chi connectivity index (χ3n) is 2.90. The second-order valence-corrected chi connectivity index (χ2v) is 6.18. The summed E-state index contributed by atoms with van der Waals surface area (Å²) in [6.45, 7) is 5.34. The van der Waals surface area contributed by atoms with Gasteiger partial charge in [-0.2, -0.15) is 0 Å². The van der Waals surface area contributed by atoms with Crippen molar-refractivity contribution in [3.8, 4) is 0 Å². The van der Waals surface area contributed by atoms with Crippen LogP contribution in [0.1, 0.15) is 38.4 Å². The van der Waals surface area contributed by atoms with E-state index in [9.17, 15) is 5.11 Å². The Labute approximate surface area is 115 Å². The molecule has 1 aromatic rings. The van der Waals surface area contributed by atoms with Crippen molar-refractivity contribution in [2.45, 2.75) is 37.7 Å². The lowest BCUT2D eigenvalue weighted by Crippen LogP contribution is -2.11. The quantitative estimate of drug-likeness (QED) is 0.707. The summed E-state index contributed by atoms with van der Waals surface area (Å²) in [6, 6.07) is 8.31. The zero-order valence-corrected chi connectivity index (χ0v) is 12.5. The molecule has 0 saturated carbocycles. The molecule has 18 heavy (non-hydrogen) atoms. The van der Waals surface area contributed by atoms with E-state index < -0.39 is 0 Å². The first-order chi connectivity index (χ1) is 8.63. The highest BCUT2D eigenvalue weighted by atomic mass is 32.2. The molecule has 0 spiro atoms. The van der Waals surface area contributed by atoms with E-state index in [1.54, 1.807) is 0 Å². The Morgan fingerprint density at radius 1 is 1.17 bits per heavy atom. The van der Waals surface area contributed by atoms with Gasteiger partial charge in [0.2, 0.25) is 0 Å². The minimum atomic E-state index is -0.354. The first kappa shape index (κ1) is 15.5. The van der Waals surface area contributed by atoms with E-state index in [0.717, 1.165) is 24.4 Å². The summed E-state index contributed by atoms with van der Waals surface area (Å²) in [6.07, 6.45) is 1.65. The summed E-state index contributed by atoms with van der Waals surface area (Å²) < 4.78 is 0. The average molecular weight is 267 g/mol. The van der Waals surface area contributed by atoms with Gasteiger partial charge in [-0.15, -0.1) is 11.8 Å². The third-order valence-corrected chi connectivity index (χ3v) is 3.94. The fourth-order valence-electron chi connectivity index (χ4n) is 1.65. The van der Waals surface area contributed by atoms with Crippen molar-refractivity contribution >= 4 is 11.8 Å². The van der Waals surface area contributed by atoms with Crippen LogP contribution in [0.5, 0.6) is 0 Å². The zero-order valence-electron chi connectivity index (χ0n) is 11.6. The molecule has 2 N–H and O–H groups in total. The zero-order chi connectivity index (χ0) is 13.4. The van der Waals surface area contributed by atoms with Gasteiger partial charge < -0.3 is 10.4 Å². The Morgan fingerprint density at radius 3 is 2.39 bits per heavy atom. The molecule has 0 aliphatic heterocycles. The van der Waals surface area contributed by atoms with Gasteiger partial charge >= 0.3 is 0 Å².